The number of hydrazine groups is 1. The fourth-order valence-corrected chi connectivity index (χ4v) is 3.17. The summed E-state index contributed by atoms with van der Waals surface area (Å²) in [5.74, 6) is -0.595. The number of carbonyl (C=O) groups is 1. The van der Waals surface area contributed by atoms with Crippen LogP contribution in [-0.2, 0) is 4.79 Å². The number of nitrogens with one attached hydrogen (secondary N) is 2. The number of hydrogen-bond acceptors (Lipinski definition) is 11. The lowest BCUT2D eigenvalue weighted by Crippen LogP contribution is -2.38. The summed E-state index contributed by atoms with van der Waals surface area (Å²) in [4.78, 5) is 19.6. The van der Waals surface area contributed by atoms with Crippen LogP contribution in [0.4, 0.5) is 21.1 Å². The van der Waals surface area contributed by atoms with E-state index in [0.29, 0.717) is 21.1 Å². The molecule has 10 nitrogen and oxygen atoms in total. The Bertz CT molecular complexity index is 769. The number of anilines is 3. The Kier molecular flexibility index (Phi) is 4.08. The number of rotatable bonds is 5. The summed E-state index contributed by atoms with van der Waals surface area (Å²) in [6, 6.07) is 0. The van der Waals surface area contributed by atoms with E-state index in [-0.39, 0.29) is 5.57 Å². The van der Waals surface area contributed by atoms with Gasteiger partial charge in [-0.25, -0.2) is 19.8 Å². The van der Waals surface area contributed by atoms with Crippen LogP contribution in [0.25, 0.3) is 0 Å². The first kappa shape index (κ1) is 15.2. The number of carboxylic acid groups (broad SMARTS) is 1. The van der Waals surface area contributed by atoms with Gasteiger partial charge in [-0.05, 0) is 0 Å². The zero-order chi connectivity index (χ0) is 16.4. The summed E-state index contributed by atoms with van der Waals surface area (Å²) < 4.78 is 0. The van der Waals surface area contributed by atoms with Crippen molar-refractivity contribution in [1.82, 2.24) is 15.4 Å². The smallest absolute Gasteiger partial charge is 0.337 e. The second-order valence-corrected chi connectivity index (χ2v) is 6.15. The SMILES string of the molecule is CNc1nc(N)sc1N=NC1C(C(=O)O)=CNN1c1nccs1. The van der Waals surface area contributed by atoms with Gasteiger partial charge >= 0.3 is 5.97 Å². The van der Waals surface area contributed by atoms with Crippen LogP contribution in [0.15, 0.2) is 33.6 Å². The maximum absolute atomic E-state index is 11.4. The molecule has 0 aliphatic carbocycles. The van der Waals surface area contributed by atoms with Crippen molar-refractivity contribution < 1.29 is 9.90 Å². The summed E-state index contributed by atoms with van der Waals surface area (Å²) in [5, 5.41) is 25.1. The molecular weight excluding hydrogens is 340 g/mol. The van der Waals surface area contributed by atoms with Crippen molar-refractivity contribution in [1.29, 1.82) is 0 Å². The molecule has 12 heteroatoms. The molecule has 0 saturated carbocycles. The van der Waals surface area contributed by atoms with Gasteiger partial charge in [-0.2, -0.15) is 5.11 Å². The van der Waals surface area contributed by atoms with Crippen molar-refractivity contribution in [3.63, 3.8) is 0 Å². The average Bonchev–Trinajstić information content (AvgIpc) is 3.23. The second kappa shape index (κ2) is 6.18. The normalized spacial score (nSPS) is 17.3. The molecule has 2 aromatic rings. The summed E-state index contributed by atoms with van der Waals surface area (Å²) in [6.45, 7) is 0. The molecule has 5 N–H and O–H groups in total. The third-order valence-corrected chi connectivity index (χ3v) is 4.41. The maximum Gasteiger partial charge on any atom is 0.337 e. The van der Waals surface area contributed by atoms with Gasteiger partial charge in [0.05, 0.1) is 0 Å². The Morgan fingerprint density at radius 2 is 2.43 bits per heavy atom. The van der Waals surface area contributed by atoms with Gasteiger partial charge in [-0.3, -0.25) is 0 Å². The molecule has 1 aliphatic rings. The third kappa shape index (κ3) is 2.93. The Morgan fingerprint density at radius 1 is 1.61 bits per heavy atom. The summed E-state index contributed by atoms with van der Waals surface area (Å²) >= 11 is 2.51. The summed E-state index contributed by atoms with van der Waals surface area (Å²) in [5.41, 5.74) is 8.55. The van der Waals surface area contributed by atoms with Gasteiger partial charge < -0.3 is 21.6 Å². The number of nitrogen functional groups attached to an aromatic ring is 1. The number of hydrogen-bond donors (Lipinski definition) is 4. The van der Waals surface area contributed by atoms with Crippen LogP contribution in [0.2, 0.25) is 0 Å². The van der Waals surface area contributed by atoms with Crippen LogP contribution >= 0.6 is 22.7 Å². The molecule has 1 atom stereocenters. The van der Waals surface area contributed by atoms with Gasteiger partial charge in [0.2, 0.25) is 5.13 Å². The molecule has 0 spiro atoms. The first-order valence-electron chi connectivity index (χ1n) is 6.33. The molecule has 1 unspecified atom stereocenters. The van der Waals surface area contributed by atoms with Gasteiger partial charge in [0.1, 0.15) is 5.57 Å². The van der Waals surface area contributed by atoms with E-state index in [4.69, 9.17) is 5.73 Å². The van der Waals surface area contributed by atoms with Crippen molar-refractivity contribution in [3.8, 4) is 0 Å². The van der Waals surface area contributed by atoms with E-state index in [1.165, 1.54) is 22.5 Å². The number of thiazole rings is 2. The van der Waals surface area contributed by atoms with Gasteiger partial charge in [0.25, 0.3) is 0 Å². The molecule has 23 heavy (non-hydrogen) atoms. The zero-order valence-corrected chi connectivity index (χ0v) is 13.4. The summed E-state index contributed by atoms with van der Waals surface area (Å²) in [6.07, 6.45) is 2.15. The predicted octanol–water partition coefficient (Wildman–Crippen LogP) is 1.63. The second-order valence-electron chi connectivity index (χ2n) is 4.26. The van der Waals surface area contributed by atoms with Crippen molar-refractivity contribution in [3.05, 3.63) is 23.3 Å². The van der Waals surface area contributed by atoms with E-state index in [1.807, 2.05) is 0 Å². The Hall–Kier alpha value is -2.73. The molecule has 0 bridgehead atoms. The molecule has 3 rings (SSSR count). The average molecular weight is 352 g/mol. The van der Waals surface area contributed by atoms with Crippen LogP contribution in [0.1, 0.15) is 0 Å². The lowest BCUT2D eigenvalue weighted by molar-refractivity contribution is -0.132. The fourth-order valence-electron chi connectivity index (χ4n) is 1.87. The van der Waals surface area contributed by atoms with Gasteiger partial charge in [-0.15, -0.1) is 16.5 Å². The maximum atomic E-state index is 11.4. The largest absolute Gasteiger partial charge is 0.478 e. The molecule has 120 valence electrons. The monoisotopic (exact) mass is 352 g/mol. The highest BCUT2D eigenvalue weighted by atomic mass is 32.1. The van der Waals surface area contributed by atoms with E-state index < -0.39 is 12.1 Å². The highest BCUT2D eigenvalue weighted by Gasteiger charge is 2.33. The van der Waals surface area contributed by atoms with Crippen LogP contribution in [0, 0.1) is 0 Å². The Balaban J connectivity index is 1.91. The van der Waals surface area contributed by atoms with E-state index in [2.05, 4.69) is 30.9 Å². The minimum absolute atomic E-state index is 0.0624. The molecule has 0 amide bonds. The van der Waals surface area contributed by atoms with Gasteiger partial charge in [0.15, 0.2) is 22.1 Å². The third-order valence-electron chi connectivity index (χ3n) is 2.87. The quantitative estimate of drug-likeness (QED) is 0.595. The molecule has 1 aliphatic heterocycles. The number of nitrogens with zero attached hydrogens (tertiary/aromatic N) is 5. The lowest BCUT2D eigenvalue weighted by Gasteiger charge is -2.20. The van der Waals surface area contributed by atoms with Crippen molar-refractivity contribution >= 4 is 49.7 Å². The Morgan fingerprint density at radius 3 is 3.09 bits per heavy atom. The predicted molar refractivity (Wildman–Crippen MR) is 87.8 cm³/mol. The van der Waals surface area contributed by atoms with Gasteiger partial charge in [-0.1, -0.05) is 11.3 Å². The standard InChI is InChI=1S/C11H12N8O2S2/c1-13-6-8(23-10(12)16-6)18-17-7-5(9(20)21)4-15-19(7)11-14-2-3-22-11/h2-4,7,13,15H,1H3,(H2,12,16)(H,20,21). The molecule has 0 aromatic carbocycles. The van der Waals surface area contributed by atoms with Crippen LogP contribution in [0.3, 0.4) is 0 Å². The fraction of sp³-hybridized carbons (Fsp3) is 0.182. The summed E-state index contributed by atoms with van der Waals surface area (Å²) in [7, 11) is 1.69. The lowest BCUT2D eigenvalue weighted by atomic mass is 10.2. The first-order chi connectivity index (χ1) is 11.1. The molecule has 2 aromatic heterocycles. The van der Waals surface area contributed by atoms with E-state index in [0.717, 1.165) is 11.3 Å². The number of azo groups is 1. The number of carboxylic acids is 1. The molecule has 0 radical (unpaired) electrons. The Labute approximate surface area is 138 Å². The van der Waals surface area contributed by atoms with Crippen molar-refractivity contribution in [2.45, 2.75) is 6.17 Å². The first-order valence-corrected chi connectivity index (χ1v) is 8.03. The molecular formula is C11H12N8O2S2. The highest BCUT2D eigenvalue weighted by Crippen LogP contribution is 2.35. The number of aliphatic carboxylic acids is 1. The van der Waals surface area contributed by atoms with E-state index in [1.54, 1.807) is 18.6 Å². The van der Waals surface area contributed by atoms with Gasteiger partial charge in [0, 0.05) is 24.8 Å². The minimum Gasteiger partial charge on any atom is -0.478 e. The zero-order valence-electron chi connectivity index (χ0n) is 11.8. The van der Waals surface area contributed by atoms with Crippen molar-refractivity contribution in [2.24, 2.45) is 10.2 Å². The van der Waals surface area contributed by atoms with E-state index in [9.17, 15) is 9.90 Å². The minimum atomic E-state index is -1.09. The van der Waals surface area contributed by atoms with Crippen LogP contribution in [-0.4, -0.2) is 34.3 Å². The molecule has 3 heterocycles. The van der Waals surface area contributed by atoms with E-state index >= 15 is 0 Å². The topological polar surface area (TPSA) is 141 Å². The molecule has 0 saturated heterocycles. The number of aromatic nitrogens is 2. The molecule has 0 fully saturated rings. The van der Waals surface area contributed by atoms with Crippen molar-refractivity contribution in [2.75, 3.05) is 23.1 Å². The highest BCUT2D eigenvalue weighted by molar-refractivity contribution is 7.19. The number of nitrogens with two attached hydrogens (primary N) is 1. The van der Waals surface area contributed by atoms with Crippen LogP contribution < -0.4 is 21.5 Å². The van der Waals surface area contributed by atoms with Crippen LogP contribution in [0.5, 0.6) is 0 Å².